The van der Waals surface area contributed by atoms with Crippen LogP contribution >= 0.6 is 0 Å². The van der Waals surface area contributed by atoms with Crippen molar-refractivity contribution in [3.8, 4) is 5.75 Å². The van der Waals surface area contributed by atoms with Crippen LogP contribution in [-0.4, -0.2) is 12.5 Å². The highest BCUT2D eigenvalue weighted by Crippen LogP contribution is 2.31. The van der Waals surface area contributed by atoms with Crippen molar-refractivity contribution < 1.29 is 9.53 Å². The lowest BCUT2D eigenvalue weighted by Crippen LogP contribution is -2.14. The average Bonchev–Trinajstić information content (AvgIpc) is 2.47. The maximum Gasteiger partial charge on any atom is 0.227 e. The fourth-order valence-electron chi connectivity index (χ4n) is 2.11. The number of nitrogens with one attached hydrogen (secondary N) is 1. The first-order chi connectivity index (χ1) is 8.56. The maximum atomic E-state index is 11.5. The predicted molar refractivity (Wildman–Crippen MR) is 71.6 cm³/mol. The molecular weight excluding hydrogens is 228 g/mol. The summed E-state index contributed by atoms with van der Waals surface area (Å²) in [5.41, 5.74) is 7.92. The highest BCUT2D eigenvalue weighted by molar-refractivity contribution is 5.93. The van der Waals surface area contributed by atoms with E-state index >= 15 is 0 Å². The number of nitrogens with two attached hydrogens (primary N) is 1. The van der Waals surface area contributed by atoms with Gasteiger partial charge in [0.2, 0.25) is 5.91 Å². The topological polar surface area (TPSA) is 64.3 Å². The highest BCUT2D eigenvalue weighted by Gasteiger charge is 2.16. The maximum absolute atomic E-state index is 11.5. The lowest BCUT2D eigenvalue weighted by Gasteiger charge is -2.16. The summed E-state index contributed by atoms with van der Waals surface area (Å²) in [5, 5.41) is 2.85. The van der Waals surface area contributed by atoms with Crippen LogP contribution in [0.1, 0.15) is 38.3 Å². The van der Waals surface area contributed by atoms with Crippen LogP contribution in [0.25, 0.3) is 0 Å². The van der Waals surface area contributed by atoms with Gasteiger partial charge in [-0.05, 0) is 30.0 Å². The Morgan fingerprint density at radius 2 is 2.22 bits per heavy atom. The Hall–Kier alpha value is -1.55. The number of carbonyl (C=O) groups excluding carboxylic acids is 1. The van der Waals surface area contributed by atoms with Crippen molar-refractivity contribution in [3.63, 3.8) is 0 Å². The summed E-state index contributed by atoms with van der Waals surface area (Å²) >= 11 is 0. The summed E-state index contributed by atoms with van der Waals surface area (Å²) in [6.45, 7) is 4.72. The molecule has 0 saturated carbocycles. The highest BCUT2D eigenvalue weighted by atomic mass is 16.5. The molecule has 0 aliphatic carbocycles. The summed E-state index contributed by atoms with van der Waals surface area (Å²) in [4.78, 5) is 11.5. The third kappa shape index (κ3) is 3.01. The molecule has 0 spiro atoms. The normalized spacial score (nSPS) is 16.6. The van der Waals surface area contributed by atoms with E-state index in [0.29, 0.717) is 18.9 Å². The standard InChI is InChI=1S/C14H20N2O2/c1-9(2)7-11(15)10-3-4-13-12(8-10)16-14(17)5-6-18-13/h3-4,8-9,11H,5-7,15H2,1-2H3,(H,16,17). The van der Waals surface area contributed by atoms with Gasteiger partial charge in [-0.2, -0.15) is 0 Å². The van der Waals surface area contributed by atoms with Crippen molar-refractivity contribution in [2.45, 2.75) is 32.7 Å². The molecule has 0 bridgehead atoms. The van der Waals surface area contributed by atoms with E-state index in [0.717, 1.165) is 23.4 Å². The summed E-state index contributed by atoms with van der Waals surface area (Å²) < 4.78 is 5.51. The van der Waals surface area contributed by atoms with E-state index in [1.54, 1.807) is 0 Å². The summed E-state index contributed by atoms with van der Waals surface area (Å²) in [7, 11) is 0. The van der Waals surface area contributed by atoms with Gasteiger partial charge in [0.15, 0.2) is 0 Å². The zero-order valence-electron chi connectivity index (χ0n) is 10.9. The fraction of sp³-hybridized carbons (Fsp3) is 0.500. The van der Waals surface area contributed by atoms with Gasteiger partial charge in [-0.25, -0.2) is 0 Å². The largest absolute Gasteiger partial charge is 0.491 e. The molecule has 1 unspecified atom stereocenters. The lowest BCUT2D eigenvalue weighted by molar-refractivity contribution is -0.116. The molecule has 4 heteroatoms. The van der Waals surface area contributed by atoms with E-state index < -0.39 is 0 Å². The molecule has 1 heterocycles. The van der Waals surface area contributed by atoms with Crippen LogP contribution in [0, 0.1) is 5.92 Å². The molecular formula is C14H20N2O2. The summed E-state index contributed by atoms with van der Waals surface area (Å²) in [5.74, 6) is 1.26. The Bertz CT molecular complexity index is 443. The van der Waals surface area contributed by atoms with E-state index in [-0.39, 0.29) is 11.9 Å². The minimum atomic E-state index is -0.0108. The Labute approximate surface area is 108 Å². The number of carbonyl (C=O) groups is 1. The molecule has 0 saturated heterocycles. The molecule has 0 radical (unpaired) electrons. The van der Waals surface area contributed by atoms with Crippen LogP contribution < -0.4 is 15.8 Å². The zero-order chi connectivity index (χ0) is 13.1. The minimum Gasteiger partial charge on any atom is -0.491 e. The van der Waals surface area contributed by atoms with Gasteiger partial charge < -0.3 is 15.8 Å². The number of amides is 1. The summed E-state index contributed by atoms with van der Waals surface area (Å²) in [6, 6.07) is 5.78. The summed E-state index contributed by atoms with van der Waals surface area (Å²) in [6.07, 6.45) is 1.32. The van der Waals surface area contributed by atoms with Crippen LogP contribution in [0.15, 0.2) is 18.2 Å². The third-order valence-electron chi connectivity index (χ3n) is 3.02. The number of rotatable bonds is 3. The average molecular weight is 248 g/mol. The molecule has 1 aromatic rings. The second-order valence-corrected chi connectivity index (χ2v) is 5.14. The van der Waals surface area contributed by atoms with Crippen molar-refractivity contribution in [1.29, 1.82) is 0 Å². The first kappa shape index (κ1) is 12.9. The van der Waals surface area contributed by atoms with Gasteiger partial charge in [-0.15, -0.1) is 0 Å². The van der Waals surface area contributed by atoms with Gasteiger partial charge in [-0.1, -0.05) is 19.9 Å². The molecule has 1 atom stereocenters. The van der Waals surface area contributed by atoms with Gasteiger partial charge in [0.1, 0.15) is 5.75 Å². The monoisotopic (exact) mass is 248 g/mol. The quantitative estimate of drug-likeness (QED) is 0.863. The molecule has 0 aromatic heterocycles. The van der Waals surface area contributed by atoms with E-state index in [2.05, 4.69) is 19.2 Å². The van der Waals surface area contributed by atoms with E-state index in [1.165, 1.54) is 0 Å². The Morgan fingerprint density at radius 1 is 1.44 bits per heavy atom. The smallest absolute Gasteiger partial charge is 0.227 e. The number of benzene rings is 1. The first-order valence-electron chi connectivity index (χ1n) is 6.38. The van der Waals surface area contributed by atoms with Crippen LogP contribution in [0.2, 0.25) is 0 Å². The fourth-order valence-corrected chi connectivity index (χ4v) is 2.11. The van der Waals surface area contributed by atoms with Gasteiger partial charge >= 0.3 is 0 Å². The third-order valence-corrected chi connectivity index (χ3v) is 3.02. The molecule has 98 valence electrons. The van der Waals surface area contributed by atoms with Gasteiger partial charge in [0.05, 0.1) is 18.7 Å². The molecule has 1 amide bonds. The first-order valence-corrected chi connectivity index (χ1v) is 6.38. The SMILES string of the molecule is CC(C)CC(N)c1ccc2c(c1)NC(=O)CCO2. The molecule has 3 N–H and O–H groups in total. The Balaban J connectivity index is 2.22. The van der Waals surface area contributed by atoms with Crippen molar-refractivity contribution in [1.82, 2.24) is 0 Å². The van der Waals surface area contributed by atoms with E-state index in [1.807, 2.05) is 18.2 Å². The Kier molecular flexibility index (Phi) is 3.87. The van der Waals surface area contributed by atoms with Gasteiger partial charge in [0, 0.05) is 6.04 Å². The van der Waals surface area contributed by atoms with Gasteiger partial charge in [-0.3, -0.25) is 4.79 Å². The van der Waals surface area contributed by atoms with Crippen molar-refractivity contribution in [2.75, 3.05) is 11.9 Å². The van der Waals surface area contributed by atoms with E-state index in [4.69, 9.17) is 10.5 Å². The van der Waals surface area contributed by atoms with Gasteiger partial charge in [0.25, 0.3) is 0 Å². The van der Waals surface area contributed by atoms with Crippen LogP contribution in [-0.2, 0) is 4.79 Å². The van der Waals surface area contributed by atoms with Crippen molar-refractivity contribution in [3.05, 3.63) is 23.8 Å². The number of ether oxygens (including phenoxy) is 1. The number of anilines is 1. The lowest BCUT2D eigenvalue weighted by atomic mass is 9.97. The molecule has 4 nitrogen and oxygen atoms in total. The molecule has 2 rings (SSSR count). The van der Waals surface area contributed by atoms with Crippen LogP contribution in [0.3, 0.4) is 0 Å². The Morgan fingerprint density at radius 3 is 2.94 bits per heavy atom. The minimum absolute atomic E-state index is 0.00421. The predicted octanol–water partition coefficient (Wildman–Crippen LogP) is 2.45. The number of hydrogen-bond acceptors (Lipinski definition) is 3. The van der Waals surface area contributed by atoms with Crippen LogP contribution in [0.5, 0.6) is 5.75 Å². The van der Waals surface area contributed by atoms with Crippen LogP contribution in [0.4, 0.5) is 5.69 Å². The van der Waals surface area contributed by atoms with Crippen molar-refractivity contribution in [2.24, 2.45) is 11.7 Å². The molecule has 1 aliphatic heterocycles. The number of fused-ring (bicyclic) bond motifs is 1. The molecule has 1 aliphatic rings. The van der Waals surface area contributed by atoms with Crippen molar-refractivity contribution >= 4 is 11.6 Å². The second kappa shape index (κ2) is 5.40. The molecule has 0 fully saturated rings. The molecule has 1 aromatic carbocycles. The number of hydrogen-bond donors (Lipinski definition) is 2. The molecule has 18 heavy (non-hydrogen) atoms. The second-order valence-electron chi connectivity index (χ2n) is 5.14. The zero-order valence-corrected chi connectivity index (χ0v) is 10.9. The van der Waals surface area contributed by atoms with E-state index in [9.17, 15) is 4.79 Å².